The summed E-state index contributed by atoms with van der Waals surface area (Å²) in [5.41, 5.74) is 18.6. The largest absolute Gasteiger partial charge is 0.0697 e. The van der Waals surface area contributed by atoms with E-state index < -0.39 is 0 Å². The van der Waals surface area contributed by atoms with Crippen molar-refractivity contribution >= 4 is 22.3 Å². The normalized spacial score (nSPS) is 32.1. The molecular weight excluding hydrogens is 384 g/mol. The Labute approximate surface area is 192 Å². The zero-order valence-electron chi connectivity index (χ0n) is 20.2. The zero-order valence-corrected chi connectivity index (χ0v) is 20.2. The molecule has 0 bridgehead atoms. The van der Waals surface area contributed by atoms with Crippen LogP contribution in [-0.4, -0.2) is 0 Å². The maximum absolute atomic E-state index is 2.68. The van der Waals surface area contributed by atoms with Gasteiger partial charge in [0.25, 0.3) is 0 Å². The summed E-state index contributed by atoms with van der Waals surface area (Å²) in [7, 11) is 0. The molecule has 0 radical (unpaired) electrons. The molecule has 1 fully saturated rings. The summed E-state index contributed by atoms with van der Waals surface area (Å²) in [6.45, 7) is 14.1. The van der Waals surface area contributed by atoms with Gasteiger partial charge in [0.15, 0.2) is 0 Å². The molecule has 160 valence electrons. The standard InChI is InChI=1S/C32H32/c1-7-21-9-11-23-17(3)13-32-16-20(6)26-22(8-2)10-12-24-18(4)14-31(30(32)28(24)26)15-19(5)25(21)27(23)29(31)32/h9-16,29-30H,7-8H2,1-6H3. The van der Waals surface area contributed by atoms with Gasteiger partial charge in [0.2, 0.25) is 0 Å². The third-order valence-electron chi connectivity index (χ3n) is 9.51. The number of benzene rings is 2. The topological polar surface area (TPSA) is 0 Å². The molecule has 5 aliphatic carbocycles. The Bertz CT molecular complexity index is 1270. The van der Waals surface area contributed by atoms with Gasteiger partial charge in [0.1, 0.15) is 0 Å². The summed E-state index contributed by atoms with van der Waals surface area (Å²) < 4.78 is 0. The highest BCUT2D eigenvalue weighted by Crippen LogP contribution is 2.82. The van der Waals surface area contributed by atoms with Gasteiger partial charge in [-0.05, 0) is 107 Å². The van der Waals surface area contributed by atoms with E-state index in [2.05, 4.69) is 90.1 Å². The molecule has 0 N–H and O–H groups in total. The average Bonchev–Trinajstić information content (AvgIpc) is 2.75. The molecule has 0 unspecified atom stereocenters. The van der Waals surface area contributed by atoms with Crippen molar-refractivity contribution in [3.8, 4) is 0 Å². The van der Waals surface area contributed by atoms with Crippen molar-refractivity contribution in [2.75, 3.05) is 0 Å². The van der Waals surface area contributed by atoms with E-state index in [1.807, 2.05) is 0 Å². The van der Waals surface area contributed by atoms with Crippen LogP contribution in [0.2, 0.25) is 0 Å². The molecule has 0 heteroatoms. The fraction of sp³-hybridized carbons (Fsp3) is 0.375. The van der Waals surface area contributed by atoms with Gasteiger partial charge in [0, 0.05) is 22.7 Å². The van der Waals surface area contributed by atoms with Crippen LogP contribution in [0.4, 0.5) is 0 Å². The monoisotopic (exact) mass is 416 g/mol. The molecule has 0 amide bonds. The lowest BCUT2D eigenvalue weighted by Crippen LogP contribution is -2.62. The predicted octanol–water partition coefficient (Wildman–Crippen LogP) is 8.33. The van der Waals surface area contributed by atoms with Crippen molar-refractivity contribution in [1.29, 1.82) is 0 Å². The minimum absolute atomic E-state index is 0.102. The first-order valence-corrected chi connectivity index (χ1v) is 12.5. The van der Waals surface area contributed by atoms with Gasteiger partial charge in [-0.2, -0.15) is 0 Å². The molecule has 2 aromatic carbocycles. The lowest BCUT2D eigenvalue weighted by molar-refractivity contribution is 0.0253. The minimum Gasteiger partial charge on any atom is -0.0697 e. The minimum atomic E-state index is 0.102. The quantitative estimate of drug-likeness (QED) is 0.461. The lowest BCUT2D eigenvalue weighted by atomic mass is 9.30. The second-order valence-electron chi connectivity index (χ2n) is 11.0. The highest BCUT2D eigenvalue weighted by molar-refractivity contribution is 5.92. The van der Waals surface area contributed by atoms with Crippen molar-refractivity contribution in [2.45, 2.75) is 66.2 Å². The smallest absolute Gasteiger partial charge is 0.0234 e. The van der Waals surface area contributed by atoms with Crippen molar-refractivity contribution in [3.63, 3.8) is 0 Å². The molecule has 2 aromatic rings. The van der Waals surface area contributed by atoms with Gasteiger partial charge >= 0.3 is 0 Å². The number of aryl methyl sites for hydroxylation is 2. The zero-order chi connectivity index (χ0) is 22.2. The number of hydrogen-bond acceptors (Lipinski definition) is 0. The van der Waals surface area contributed by atoms with E-state index in [-0.39, 0.29) is 10.8 Å². The second kappa shape index (κ2) is 5.66. The summed E-state index contributed by atoms with van der Waals surface area (Å²) in [5, 5.41) is 0. The molecule has 5 aliphatic rings. The van der Waals surface area contributed by atoms with E-state index in [4.69, 9.17) is 0 Å². The molecule has 32 heavy (non-hydrogen) atoms. The summed E-state index contributed by atoms with van der Waals surface area (Å²) >= 11 is 0. The van der Waals surface area contributed by atoms with E-state index >= 15 is 0 Å². The van der Waals surface area contributed by atoms with Crippen LogP contribution < -0.4 is 0 Å². The second-order valence-corrected chi connectivity index (χ2v) is 11.0. The molecule has 2 spiro atoms. The first-order chi connectivity index (χ1) is 15.4. The van der Waals surface area contributed by atoms with Crippen molar-refractivity contribution in [3.05, 3.63) is 93.1 Å². The van der Waals surface area contributed by atoms with Crippen molar-refractivity contribution in [2.24, 2.45) is 10.8 Å². The van der Waals surface area contributed by atoms with Gasteiger partial charge in [-0.15, -0.1) is 0 Å². The Morgan fingerprint density at radius 2 is 0.938 bits per heavy atom. The van der Waals surface area contributed by atoms with Crippen LogP contribution in [0, 0.1) is 10.8 Å². The van der Waals surface area contributed by atoms with E-state index in [0.717, 1.165) is 12.8 Å². The molecule has 0 aromatic heterocycles. The summed E-state index contributed by atoms with van der Waals surface area (Å²) in [5.74, 6) is 1.03. The van der Waals surface area contributed by atoms with Gasteiger partial charge < -0.3 is 0 Å². The molecule has 7 rings (SSSR count). The Balaban J connectivity index is 1.65. The van der Waals surface area contributed by atoms with Gasteiger partial charge in [-0.25, -0.2) is 0 Å². The summed E-state index contributed by atoms with van der Waals surface area (Å²) in [4.78, 5) is 0. The SMILES string of the molecule is CCc1ccc2c3c1C(C)=CC14C=C(C)c5ccc(CC)c6c5C1C(C=C2C)(C=C6C)C34. The highest BCUT2D eigenvalue weighted by Gasteiger charge is 2.72. The van der Waals surface area contributed by atoms with E-state index in [1.54, 1.807) is 22.3 Å². The maximum atomic E-state index is 2.68. The van der Waals surface area contributed by atoms with Crippen molar-refractivity contribution in [1.82, 2.24) is 0 Å². The molecule has 0 aliphatic heterocycles. The first-order valence-electron chi connectivity index (χ1n) is 12.5. The van der Waals surface area contributed by atoms with Gasteiger partial charge in [-0.3, -0.25) is 0 Å². The first kappa shape index (κ1) is 18.9. The van der Waals surface area contributed by atoms with Crippen LogP contribution in [0.5, 0.6) is 0 Å². The molecule has 1 saturated carbocycles. The fourth-order valence-corrected chi connectivity index (χ4v) is 8.79. The van der Waals surface area contributed by atoms with E-state index in [1.165, 1.54) is 44.5 Å². The van der Waals surface area contributed by atoms with Crippen LogP contribution in [0.25, 0.3) is 22.3 Å². The van der Waals surface area contributed by atoms with E-state index in [9.17, 15) is 0 Å². The molecule has 0 heterocycles. The van der Waals surface area contributed by atoms with Crippen LogP contribution >= 0.6 is 0 Å². The van der Waals surface area contributed by atoms with Crippen LogP contribution in [0.3, 0.4) is 0 Å². The lowest BCUT2D eigenvalue weighted by Gasteiger charge is -2.72. The molecular formula is C32H32. The third-order valence-corrected chi connectivity index (χ3v) is 9.51. The highest BCUT2D eigenvalue weighted by atomic mass is 14.7. The number of allylic oxidation sites excluding steroid dienone is 8. The summed E-state index contributed by atoms with van der Waals surface area (Å²) in [6, 6.07) is 9.62. The Hall–Kier alpha value is -2.60. The van der Waals surface area contributed by atoms with Crippen molar-refractivity contribution < 1.29 is 0 Å². The maximum Gasteiger partial charge on any atom is 0.0234 e. The molecule has 0 atom stereocenters. The predicted molar refractivity (Wildman–Crippen MR) is 137 cm³/mol. The third kappa shape index (κ3) is 1.79. The Kier molecular flexibility index (Phi) is 3.34. The van der Waals surface area contributed by atoms with Gasteiger partial charge in [0.05, 0.1) is 0 Å². The Morgan fingerprint density at radius 1 is 0.562 bits per heavy atom. The van der Waals surface area contributed by atoms with Crippen LogP contribution in [-0.2, 0) is 12.8 Å². The van der Waals surface area contributed by atoms with E-state index in [0.29, 0.717) is 11.8 Å². The van der Waals surface area contributed by atoms with Crippen LogP contribution in [0.15, 0.2) is 48.6 Å². The number of rotatable bonds is 2. The Morgan fingerprint density at radius 3 is 1.31 bits per heavy atom. The molecule has 0 nitrogen and oxygen atoms in total. The molecule has 0 saturated heterocycles. The van der Waals surface area contributed by atoms with Crippen LogP contribution in [0.1, 0.15) is 97.9 Å². The van der Waals surface area contributed by atoms with Gasteiger partial charge in [-0.1, -0.05) is 62.4 Å². The fourth-order valence-electron chi connectivity index (χ4n) is 8.79. The summed E-state index contributed by atoms with van der Waals surface area (Å²) in [6.07, 6.45) is 12.9. The number of hydrogen-bond donors (Lipinski definition) is 0. The average molecular weight is 417 g/mol.